The van der Waals surface area contributed by atoms with Crippen LogP contribution in [0.15, 0.2) is 66.9 Å². The Morgan fingerprint density at radius 3 is 2.31 bits per heavy atom. The first-order valence-electron chi connectivity index (χ1n) is 16.9. The summed E-state index contributed by atoms with van der Waals surface area (Å²) in [7, 11) is 3.07. The highest BCUT2D eigenvalue weighted by molar-refractivity contribution is 5.87. The first kappa shape index (κ1) is 36.4. The molecular formula is C37H42F3N3O8. The summed E-state index contributed by atoms with van der Waals surface area (Å²) >= 11 is 0. The highest BCUT2D eigenvalue weighted by atomic mass is 19.4. The van der Waals surface area contributed by atoms with E-state index in [1.54, 1.807) is 17.0 Å². The lowest BCUT2D eigenvalue weighted by Gasteiger charge is -2.35. The molecule has 1 aromatic heterocycles. The normalized spacial score (nSPS) is 21.0. The third kappa shape index (κ3) is 7.93. The summed E-state index contributed by atoms with van der Waals surface area (Å²) in [6.07, 6.45) is -1.81. The Bertz CT molecular complexity index is 1800. The molecule has 0 aliphatic carbocycles. The Labute approximate surface area is 293 Å². The number of nitrogens with zero attached hydrogens (tertiary/aromatic N) is 3. The molecule has 0 radical (unpaired) electrons. The second-order valence-corrected chi connectivity index (χ2v) is 13.1. The van der Waals surface area contributed by atoms with Gasteiger partial charge in [0.1, 0.15) is 6.10 Å². The molecule has 51 heavy (non-hydrogen) atoms. The van der Waals surface area contributed by atoms with E-state index >= 15 is 13.2 Å². The van der Waals surface area contributed by atoms with Gasteiger partial charge in [0.2, 0.25) is 11.4 Å². The second-order valence-electron chi connectivity index (χ2n) is 13.1. The maximum atomic E-state index is 15.1. The van der Waals surface area contributed by atoms with Crippen LogP contribution in [0.25, 0.3) is 10.9 Å². The molecule has 2 atom stereocenters. The van der Waals surface area contributed by atoms with E-state index < -0.39 is 23.2 Å². The van der Waals surface area contributed by atoms with E-state index in [2.05, 4.69) is 0 Å². The third-order valence-corrected chi connectivity index (χ3v) is 9.57. The summed E-state index contributed by atoms with van der Waals surface area (Å²) in [6.45, 7) is 1.79. The summed E-state index contributed by atoms with van der Waals surface area (Å²) < 4.78 is 75.5. The van der Waals surface area contributed by atoms with Crippen LogP contribution >= 0.6 is 0 Å². The number of aromatic nitrogens is 1. The van der Waals surface area contributed by atoms with E-state index in [1.165, 1.54) is 37.1 Å². The van der Waals surface area contributed by atoms with Gasteiger partial charge in [-0.05, 0) is 68.5 Å². The van der Waals surface area contributed by atoms with Gasteiger partial charge in [0, 0.05) is 55.3 Å². The molecule has 0 bridgehead atoms. The predicted molar refractivity (Wildman–Crippen MR) is 182 cm³/mol. The fourth-order valence-corrected chi connectivity index (χ4v) is 6.91. The lowest BCUT2D eigenvalue weighted by molar-refractivity contribution is -0.384. The van der Waals surface area contributed by atoms with Gasteiger partial charge in [0.15, 0.2) is 24.1 Å². The van der Waals surface area contributed by atoms with Crippen molar-refractivity contribution in [2.24, 2.45) is 0 Å². The van der Waals surface area contributed by atoms with E-state index in [0.717, 1.165) is 17.2 Å². The van der Waals surface area contributed by atoms with E-state index in [4.69, 9.17) is 23.7 Å². The summed E-state index contributed by atoms with van der Waals surface area (Å²) in [5.74, 6) is 1.37. The van der Waals surface area contributed by atoms with Crippen LogP contribution in [0.3, 0.4) is 0 Å². The number of nitro groups is 1. The molecule has 2 saturated heterocycles. The van der Waals surface area contributed by atoms with Crippen LogP contribution in [-0.4, -0.2) is 78.2 Å². The molecule has 6 rings (SSSR count). The van der Waals surface area contributed by atoms with Crippen molar-refractivity contribution in [3.05, 3.63) is 93.7 Å². The van der Waals surface area contributed by atoms with Crippen LogP contribution in [0.2, 0.25) is 0 Å². The summed E-state index contributed by atoms with van der Waals surface area (Å²) in [5, 5.41) is 23.4. The van der Waals surface area contributed by atoms with Gasteiger partial charge >= 0.3 is 6.18 Å². The molecule has 3 aromatic carbocycles. The van der Waals surface area contributed by atoms with Gasteiger partial charge in [0.05, 0.1) is 24.7 Å². The molecule has 4 aromatic rings. The maximum absolute atomic E-state index is 15.1. The van der Waals surface area contributed by atoms with E-state index in [1.807, 2.05) is 37.3 Å². The molecular weight excluding hydrogens is 671 g/mol. The lowest BCUT2D eigenvalue weighted by atomic mass is 9.91. The topological polar surface area (TPSA) is 118 Å². The predicted octanol–water partition coefficient (Wildman–Crippen LogP) is 6.95. The Balaban J connectivity index is 1.21. The minimum atomic E-state index is -5.06. The van der Waals surface area contributed by atoms with Gasteiger partial charge < -0.3 is 33.4 Å². The number of non-ortho nitro benzene ring substituents is 1. The third-order valence-electron chi connectivity index (χ3n) is 9.57. The minimum Gasteiger partial charge on any atom is -0.493 e. The zero-order chi connectivity index (χ0) is 36.3. The number of ether oxygens (including phenoxy) is 5. The standard InChI is InChI=1S/C37H42F3N3O8/c1-24-49-34(50-24)14-11-26-18-32(47-2)35(33(19-26)48-3)51-28-10-7-16-41(17-15-28)23-36(44,37(38,39)40)30-22-42(21-25-8-5-4-6-9-25)31-20-27(43(45)46)12-13-29(30)31/h4-6,8-9,12-13,18-20,22,24,28,34,44H,7,10-11,14-17,21,23H2,1-3H3. The zero-order valence-electron chi connectivity index (χ0n) is 28.7. The minimum absolute atomic E-state index is 0.0947. The van der Waals surface area contributed by atoms with Crippen molar-refractivity contribution in [3.8, 4) is 17.2 Å². The molecule has 14 heteroatoms. The second kappa shape index (κ2) is 15.1. The molecule has 2 fully saturated rings. The van der Waals surface area contributed by atoms with E-state index in [-0.39, 0.29) is 53.9 Å². The monoisotopic (exact) mass is 713 g/mol. The number of aryl methyl sites for hydroxylation is 1. The van der Waals surface area contributed by atoms with Gasteiger partial charge in [-0.3, -0.25) is 15.0 Å². The first-order chi connectivity index (χ1) is 24.4. The molecule has 2 aliphatic heterocycles. The van der Waals surface area contributed by atoms with Crippen molar-refractivity contribution in [1.29, 1.82) is 0 Å². The van der Waals surface area contributed by atoms with Crippen molar-refractivity contribution >= 4 is 16.6 Å². The highest BCUT2D eigenvalue weighted by Crippen LogP contribution is 2.45. The first-order valence-corrected chi connectivity index (χ1v) is 16.9. The zero-order valence-corrected chi connectivity index (χ0v) is 28.7. The summed E-state index contributed by atoms with van der Waals surface area (Å²) in [6, 6.07) is 16.5. The Kier molecular flexibility index (Phi) is 10.8. The fraction of sp³-hybridized carbons (Fsp3) is 0.459. The number of likely N-dealkylation sites (tertiary alicyclic amines) is 1. The largest absolute Gasteiger partial charge is 0.493 e. The van der Waals surface area contributed by atoms with Crippen molar-refractivity contribution in [2.75, 3.05) is 33.9 Å². The van der Waals surface area contributed by atoms with Crippen molar-refractivity contribution in [1.82, 2.24) is 9.47 Å². The van der Waals surface area contributed by atoms with Crippen LogP contribution in [-0.2, 0) is 28.0 Å². The number of β-amino-alcohol motifs (C(OH)–C–C–N with tert-alkyl or cyclic N) is 1. The smallest absolute Gasteiger partial charge is 0.422 e. The quantitative estimate of drug-likeness (QED) is 0.116. The van der Waals surface area contributed by atoms with Crippen molar-refractivity contribution in [3.63, 3.8) is 0 Å². The Hall–Kier alpha value is -4.37. The van der Waals surface area contributed by atoms with Gasteiger partial charge in [-0.15, -0.1) is 0 Å². The molecule has 2 unspecified atom stereocenters. The van der Waals surface area contributed by atoms with Gasteiger partial charge in [-0.2, -0.15) is 13.2 Å². The average Bonchev–Trinajstić information content (AvgIpc) is 3.31. The van der Waals surface area contributed by atoms with Gasteiger partial charge in [0.25, 0.3) is 5.69 Å². The van der Waals surface area contributed by atoms with E-state index in [0.29, 0.717) is 55.9 Å². The summed E-state index contributed by atoms with van der Waals surface area (Å²) in [4.78, 5) is 12.6. The van der Waals surface area contributed by atoms with Crippen LogP contribution in [0.1, 0.15) is 49.3 Å². The number of hydrogen-bond donors (Lipinski definition) is 1. The number of benzene rings is 3. The SMILES string of the molecule is COc1cc(CCC2OC(C)O2)cc(OC)c1OC1CCCN(CC(O)(c2cn(Cc3ccccc3)c3cc([N+](=O)[O-])ccc23)C(F)(F)F)CC1. The number of rotatable bonds is 13. The highest BCUT2D eigenvalue weighted by Gasteiger charge is 2.57. The van der Waals surface area contributed by atoms with Crippen molar-refractivity contribution in [2.45, 2.75) is 76.0 Å². The molecule has 11 nitrogen and oxygen atoms in total. The van der Waals surface area contributed by atoms with E-state index in [9.17, 15) is 15.2 Å². The average molecular weight is 714 g/mol. The molecule has 1 N–H and O–H groups in total. The molecule has 3 heterocycles. The molecule has 0 spiro atoms. The van der Waals surface area contributed by atoms with Gasteiger partial charge in [-0.25, -0.2) is 0 Å². The number of hydrogen-bond acceptors (Lipinski definition) is 9. The molecule has 2 aliphatic rings. The Morgan fingerprint density at radius 1 is 0.980 bits per heavy atom. The number of alkyl halides is 3. The van der Waals surface area contributed by atoms with Crippen LogP contribution in [0, 0.1) is 10.1 Å². The van der Waals surface area contributed by atoms with Crippen molar-refractivity contribution < 1.29 is 46.9 Å². The van der Waals surface area contributed by atoms with Crippen LogP contribution in [0.5, 0.6) is 17.2 Å². The van der Waals surface area contributed by atoms with Crippen LogP contribution < -0.4 is 14.2 Å². The fourth-order valence-electron chi connectivity index (χ4n) is 6.91. The molecule has 0 amide bonds. The number of aliphatic hydroxyl groups is 1. The molecule has 274 valence electrons. The summed E-state index contributed by atoms with van der Waals surface area (Å²) in [5.41, 5.74) is -1.92. The lowest BCUT2D eigenvalue weighted by Crippen LogP contribution is -2.51. The van der Waals surface area contributed by atoms with Gasteiger partial charge in [-0.1, -0.05) is 30.3 Å². The number of methoxy groups -OCH3 is 2. The molecule has 0 saturated carbocycles. The maximum Gasteiger partial charge on any atom is 0.422 e. The number of nitro benzene ring substituents is 1. The number of fused-ring (bicyclic) bond motifs is 1. The Morgan fingerprint density at radius 2 is 1.69 bits per heavy atom. The van der Waals surface area contributed by atoms with Crippen LogP contribution in [0.4, 0.5) is 18.9 Å². The number of halogens is 3.